The predicted molar refractivity (Wildman–Crippen MR) is 125 cm³/mol. The summed E-state index contributed by atoms with van der Waals surface area (Å²) in [6.07, 6.45) is 5.49. The highest BCUT2D eigenvalue weighted by Crippen LogP contribution is 2.29. The van der Waals surface area contributed by atoms with Gasteiger partial charge >= 0.3 is 0 Å². The topological polar surface area (TPSA) is 88.3 Å². The summed E-state index contributed by atoms with van der Waals surface area (Å²) in [4.78, 5) is 13.9. The molecule has 6 nitrogen and oxygen atoms in total. The number of piperidine rings is 1. The van der Waals surface area contributed by atoms with Crippen molar-refractivity contribution in [2.75, 3.05) is 13.1 Å². The molecule has 1 aliphatic rings. The Labute approximate surface area is 182 Å². The van der Waals surface area contributed by atoms with Crippen molar-refractivity contribution in [2.24, 2.45) is 4.99 Å². The summed E-state index contributed by atoms with van der Waals surface area (Å²) in [5.41, 5.74) is 5.63. The van der Waals surface area contributed by atoms with E-state index in [1.54, 1.807) is 6.08 Å². The maximum atomic E-state index is 10.3. The summed E-state index contributed by atoms with van der Waals surface area (Å²) < 4.78 is 0. The number of β-amino-alcohol motifs (C(OH)–C–C–N with tert-alkyl or cyclic N) is 1. The minimum absolute atomic E-state index is 0.274. The van der Waals surface area contributed by atoms with Crippen molar-refractivity contribution < 1.29 is 5.11 Å². The summed E-state index contributed by atoms with van der Waals surface area (Å²) in [6, 6.07) is 12.6. The maximum Gasteiger partial charge on any atom is 0.140 e. The average molecular weight is 414 g/mol. The first-order valence-corrected chi connectivity index (χ1v) is 10.5. The minimum Gasteiger partial charge on any atom is -0.389 e. The van der Waals surface area contributed by atoms with Gasteiger partial charge in [-0.15, -0.1) is 0 Å². The van der Waals surface area contributed by atoms with E-state index < -0.39 is 5.60 Å². The number of aryl methyl sites for hydroxylation is 1. The number of nitrogens with zero attached hydrogens (tertiary/aromatic N) is 4. The van der Waals surface area contributed by atoms with E-state index in [2.05, 4.69) is 63.0 Å². The number of aromatic amines is 1. The number of fused-ring (bicyclic) bond motifs is 1. The van der Waals surface area contributed by atoms with E-state index in [0.29, 0.717) is 6.54 Å². The van der Waals surface area contributed by atoms with Crippen molar-refractivity contribution in [1.82, 2.24) is 14.9 Å². The third kappa shape index (κ3) is 4.58. The molecule has 1 aromatic carbocycles. The zero-order valence-electron chi connectivity index (χ0n) is 18.0. The molecule has 0 bridgehead atoms. The number of allylic oxidation sites excluding steroid dienone is 1. The van der Waals surface area contributed by atoms with Crippen LogP contribution in [0.15, 0.2) is 47.2 Å². The third-order valence-corrected chi connectivity index (χ3v) is 5.90. The first kappa shape index (κ1) is 21.0. The van der Waals surface area contributed by atoms with E-state index in [1.165, 1.54) is 5.56 Å². The Hall–Kier alpha value is -3.27. The predicted octanol–water partition coefficient (Wildman–Crippen LogP) is 4.45. The first-order valence-electron chi connectivity index (χ1n) is 10.5. The van der Waals surface area contributed by atoms with Crippen LogP contribution in [0.1, 0.15) is 36.6 Å². The van der Waals surface area contributed by atoms with Crippen molar-refractivity contribution in [3.63, 3.8) is 0 Å². The number of aromatic nitrogens is 2. The minimum atomic E-state index is -0.591. The van der Waals surface area contributed by atoms with E-state index in [1.807, 2.05) is 20.0 Å². The number of pyridine rings is 1. The summed E-state index contributed by atoms with van der Waals surface area (Å²) >= 11 is 0. The van der Waals surface area contributed by atoms with Gasteiger partial charge in [-0.1, -0.05) is 24.3 Å². The lowest BCUT2D eigenvalue weighted by Crippen LogP contribution is -2.45. The van der Waals surface area contributed by atoms with Gasteiger partial charge in [0.2, 0.25) is 0 Å². The second-order valence-electron chi connectivity index (χ2n) is 8.59. The number of nitriles is 1. The van der Waals surface area contributed by atoms with Crippen molar-refractivity contribution in [1.29, 1.82) is 5.26 Å². The molecule has 1 saturated heterocycles. The molecular weight excluding hydrogens is 386 g/mol. The summed E-state index contributed by atoms with van der Waals surface area (Å²) in [7, 11) is 0. The van der Waals surface area contributed by atoms with Crippen LogP contribution in [0.4, 0.5) is 0 Å². The number of hydrogen-bond donors (Lipinski definition) is 2. The van der Waals surface area contributed by atoms with Crippen molar-refractivity contribution in [3.8, 4) is 17.2 Å². The molecule has 0 spiro atoms. The van der Waals surface area contributed by atoms with Crippen LogP contribution >= 0.6 is 0 Å². The third-order valence-electron chi connectivity index (χ3n) is 5.90. The van der Waals surface area contributed by atoms with Crippen LogP contribution in [0.5, 0.6) is 0 Å². The number of hydrogen-bond acceptors (Lipinski definition) is 5. The Bertz CT molecular complexity index is 1180. The van der Waals surface area contributed by atoms with Crippen LogP contribution in [0.3, 0.4) is 0 Å². The Morgan fingerprint density at radius 1 is 1.39 bits per heavy atom. The first-order chi connectivity index (χ1) is 14.9. The quantitative estimate of drug-likeness (QED) is 0.478. The van der Waals surface area contributed by atoms with Crippen LogP contribution in [0.25, 0.3) is 28.2 Å². The highest BCUT2D eigenvalue weighted by Gasteiger charge is 2.28. The van der Waals surface area contributed by atoms with Crippen LogP contribution < -0.4 is 0 Å². The summed E-state index contributed by atoms with van der Waals surface area (Å²) in [6.45, 7) is 9.91. The number of nitrogens with one attached hydrogen (secondary N) is 1. The normalized spacial score (nSPS) is 20.0. The monoisotopic (exact) mass is 413 g/mol. The molecule has 0 radical (unpaired) electrons. The highest BCUT2D eigenvalue weighted by molar-refractivity contribution is 5.91. The van der Waals surface area contributed by atoms with Crippen LogP contribution in [-0.4, -0.2) is 45.4 Å². The van der Waals surface area contributed by atoms with Crippen LogP contribution in [0, 0.1) is 18.3 Å². The molecule has 0 saturated carbocycles. The van der Waals surface area contributed by atoms with E-state index in [-0.39, 0.29) is 5.70 Å². The molecule has 2 N–H and O–H groups in total. The number of H-pyrrole nitrogens is 1. The fourth-order valence-corrected chi connectivity index (χ4v) is 4.33. The molecule has 6 heteroatoms. The van der Waals surface area contributed by atoms with Crippen molar-refractivity contribution in [3.05, 3.63) is 59.0 Å². The molecule has 3 heterocycles. The average Bonchev–Trinajstić information content (AvgIpc) is 3.06. The number of aliphatic imine (C=N–C) groups is 1. The number of aliphatic hydroxyl groups is 1. The molecule has 31 heavy (non-hydrogen) atoms. The van der Waals surface area contributed by atoms with E-state index in [9.17, 15) is 10.4 Å². The Balaban J connectivity index is 1.59. The second-order valence-corrected chi connectivity index (χ2v) is 8.59. The summed E-state index contributed by atoms with van der Waals surface area (Å²) in [5, 5.41) is 20.5. The van der Waals surface area contributed by atoms with Crippen molar-refractivity contribution >= 4 is 23.8 Å². The molecule has 0 amide bonds. The van der Waals surface area contributed by atoms with Gasteiger partial charge in [0.1, 0.15) is 17.4 Å². The lowest BCUT2D eigenvalue weighted by atomic mass is 9.94. The van der Waals surface area contributed by atoms with Crippen LogP contribution in [-0.2, 0) is 6.54 Å². The van der Waals surface area contributed by atoms with Crippen LogP contribution in [0.2, 0.25) is 0 Å². The number of likely N-dealkylation sites (tertiary alicyclic amines) is 1. The van der Waals surface area contributed by atoms with E-state index in [4.69, 9.17) is 0 Å². The van der Waals surface area contributed by atoms with E-state index >= 15 is 0 Å². The highest BCUT2D eigenvalue weighted by atomic mass is 16.3. The number of rotatable bonds is 5. The zero-order chi connectivity index (χ0) is 22.0. The molecule has 158 valence electrons. The molecule has 4 rings (SSSR count). The molecule has 3 aromatic rings. The Kier molecular flexibility index (Phi) is 5.73. The van der Waals surface area contributed by atoms with Gasteiger partial charge in [-0.2, -0.15) is 5.26 Å². The Morgan fingerprint density at radius 2 is 2.16 bits per heavy atom. The molecule has 1 atom stereocenters. The molecule has 2 aromatic heterocycles. The molecule has 0 aliphatic carbocycles. The fraction of sp³-hybridized carbons (Fsp3) is 0.320. The van der Waals surface area contributed by atoms with Gasteiger partial charge in [-0.25, -0.2) is 4.98 Å². The fourth-order valence-electron chi connectivity index (χ4n) is 4.33. The summed E-state index contributed by atoms with van der Waals surface area (Å²) in [5.74, 6) is 0. The zero-order valence-corrected chi connectivity index (χ0v) is 18.0. The SMILES string of the molecule is C=N/C(C#N)=C\c1c(C)[nH]c2ncc(-c3ccc(CN4CCCC(C)(O)C4)cc3)cc12. The second kappa shape index (κ2) is 8.46. The maximum absolute atomic E-state index is 10.3. The van der Waals surface area contributed by atoms with E-state index in [0.717, 1.165) is 59.3 Å². The molecular formula is C25H27N5O. The molecule has 1 fully saturated rings. The van der Waals surface area contributed by atoms with Gasteiger partial charge < -0.3 is 10.1 Å². The largest absolute Gasteiger partial charge is 0.389 e. The van der Waals surface area contributed by atoms with Gasteiger partial charge in [0.15, 0.2) is 0 Å². The lowest BCUT2D eigenvalue weighted by molar-refractivity contribution is -0.0181. The number of benzene rings is 1. The van der Waals surface area contributed by atoms with Gasteiger partial charge in [0.25, 0.3) is 0 Å². The van der Waals surface area contributed by atoms with Crippen molar-refractivity contribution in [2.45, 2.75) is 38.8 Å². The van der Waals surface area contributed by atoms with Gasteiger partial charge in [0, 0.05) is 41.5 Å². The molecule has 1 unspecified atom stereocenters. The lowest BCUT2D eigenvalue weighted by Gasteiger charge is -2.36. The van der Waals surface area contributed by atoms with Gasteiger partial charge in [-0.3, -0.25) is 9.89 Å². The van der Waals surface area contributed by atoms with Gasteiger partial charge in [0.05, 0.1) is 5.60 Å². The molecule has 1 aliphatic heterocycles. The van der Waals surface area contributed by atoms with Gasteiger partial charge in [-0.05, 0) is 63.2 Å². The standard InChI is InChI=1S/C25H27N5O/c1-17-22(12-21(13-26)27-3)23-11-20(14-28-24(23)29-17)19-7-5-18(6-8-19)15-30-10-4-9-25(2,31)16-30/h5-8,11-12,14,31H,3-4,9-10,15-16H2,1-2H3,(H,28,29)/b21-12-. The Morgan fingerprint density at radius 3 is 2.84 bits per heavy atom. The smallest absolute Gasteiger partial charge is 0.140 e.